The summed E-state index contributed by atoms with van der Waals surface area (Å²) in [6, 6.07) is 135. The van der Waals surface area contributed by atoms with Gasteiger partial charge in [0.05, 0.1) is 26.6 Å². The molecule has 7 aromatic heterocycles. The minimum absolute atomic E-state index is 0. The molecule has 666 valence electrons. The fourth-order valence-corrected chi connectivity index (χ4v) is 19.6. The Balaban J connectivity index is 0.000000122. The van der Waals surface area contributed by atoms with Crippen LogP contribution in [0.15, 0.2) is 362 Å². The minimum atomic E-state index is -3.46. The Labute approximate surface area is 818 Å². The van der Waals surface area contributed by atoms with Crippen molar-refractivity contribution < 1.29 is 71.6 Å². The molecule has 0 fully saturated rings. The van der Waals surface area contributed by atoms with E-state index in [0.717, 1.165) is 124 Å². The molecule has 8 heterocycles. The van der Waals surface area contributed by atoms with Crippen LogP contribution < -0.4 is 15.3 Å². The number of para-hydroxylation sites is 1. The van der Waals surface area contributed by atoms with Gasteiger partial charge >= 0.3 is 0 Å². The molecular formula is C114H88N13O2Pt3S-9. The zero-order valence-electron chi connectivity index (χ0n) is 74.5. The number of sulfone groups is 1. The van der Waals surface area contributed by atoms with Crippen LogP contribution in [0.1, 0.15) is 82.9 Å². The van der Waals surface area contributed by atoms with Crippen molar-refractivity contribution in [2.45, 2.75) is 90.0 Å². The fourth-order valence-electron chi connectivity index (χ4n) is 17.9. The van der Waals surface area contributed by atoms with Gasteiger partial charge in [-0.3, -0.25) is 14.0 Å². The molecule has 0 radical (unpaired) electrons. The van der Waals surface area contributed by atoms with Crippen LogP contribution in [0.2, 0.25) is 0 Å². The quantitative estimate of drug-likeness (QED) is 0.126. The number of rotatable bonds is 9. The SMILES string of the molecule is Cc1cc(-c2[c-]cccc2)[n-]n1.Cc1cc(-c2[c-]cccc2)[n-]n1.Cc1cc(-c2[c-]cccc2)[n-]n1.Cc1cc(C)n(-c2[c-]cc(-c3ccc4c(c3)C3(c5ccccc5-c5ccccc53)c3ccccc3-4)cc2)n1.Cc1cc(C)n(-c2[c-]cc(-c3ccc4c5ccccc5n(C(C)(C)C)c4c3)cc2)n1.O=S1(=O)c2ccccc2-c2ccc(-c3c[c-]c(-n4cccn4)cc3)cc21.[Pt].[Pt].[Pt]. The predicted molar refractivity (Wildman–Crippen MR) is 517 cm³/mol. The average molecular weight is 2290 g/mol. The van der Waals surface area contributed by atoms with E-state index in [1.807, 2.05) is 190 Å². The first-order chi connectivity index (χ1) is 63.2. The van der Waals surface area contributed by atoms with Gasteiger partial charge in [0.1, 0.15) is 0 Å². The molecule has 1 aliphatic heterocycles. The van der Waals surface area contributed by atoms with E-state index >= 15 is 0 Å². The Hall–Kier alpha value is -13.8. The summed E-state index contributed by atoms with van der Waals surface area (Å²) in [5, 5.41) is 39.8. The first-order valence-corrected chi connectivity index (χ1v) is 44.6. The summed E-state index contributed by atoms with van der Waals surface area (Å²) in [5.74, 6) is 0. The second-order valence-corrected chi connectivity index (χ2v) is 35.5. The molecule has 0 N–H and O–H groups in total. The number of nitrogens with zero attached hydrogens (tertiary/aromatic N) is 13. The molecule has 0 bridgehead atoms. The number of aromatic nitrogens is 13. The van der Waals surface area contributed by atoms with Crippen LogP contribution in [-0.2, 0) is 84.0 Å². The summed E-state index contributed by atoms with van der Waals surface area (Å²) >= 11 is 0. The Morgan fingerprint density at radius 2 is 0.722 bits per heavy atom. The Morgan fingerprint density at radius 3 is 1.14 bits per heavy atom. The van der Waals surface area contributed by atoms with Crippen LogP contribution in [0.3, 0.4) is 0 Å². The molecule has 3 aliphatic rings. The summed E-state index contributed by atoms with van der Waals surface area (Å²) < 4.78 is 33.8. The molecule has 0 amide bonds. The Morgan fingerprint density at radius 1 is 0.331 bits per heavy atom. The molecule has 14 aromatic carbocycles. The van der Waals surface area contributed by atoms with Gasteiger partial charge in [0.25, 0.3) is 0 Å². The molecule has 133 heavy (non-hydrogen) atoms. The van der Waals surface area contributed by atoms with Crippen molar-refractivity contribution in [3.05, 3.63) is 451 Å². The van der Waals surface area contributed by atoms with Crippen LogP contribution in [0.5, 0.6) is 0 Å². The van der Waals surface area contributed by atoms with Crippen molar-refractivity contribution in [3.8, 4) is 118 Å². The molecule has 0 unspecified atom stereocenters. The van der Waals surface area contributed by atoms with Gasteiger partial charge < -0.3 is 35.2 Å². The molecule has 21 aromatic rings. The van der Waals surface area contributed by atoms with Crippen LogP contribution in [0, 0.1) is 84.9 Å². The zero-order chi connectivity index (χ0) is 89.4. The van der Waals surface area contributed by atoms with E-state index in [-0.39, 0.29) is 74.1 Å². The summed E-state index contributed by atoms with van der Waals surface area (Å²) in [5.41, 5.74) is 36.6. The van der Waals surface area contributed by atoms with E-state index in [0.29, 0.717) is 9.79 Å². The second kappa shape index (κ2) is 39.3. The van der Waals surface area contributed by atoms with E-state index in [9.17, 15) is 8.42 Å². The van der Waals surface area contributed by atoms with Crippen molar-refractivity contribution in [1.82, 2.24) is 64.5 Å². The van der Waals surface area contributed by atoms with E-state index < -0.39 is 9.84 Å². The molecule has 2 aliphatic carbocycles. The third kappa shape index (κ3) is 18.4. The largest absolute Gasteiger partial charge is 0.619 e. The standard InChI is InChI=1S/C36H25N2.C27H26N3.C21H13N2O2S.3C10H8N2.3Pt/c1-23-21-24(2)38(37-23)27-18-15-25(16-19-27)26-17-20-31-30-11-5-8-14-34(30)36(35(31)22-26)32-12-6-3-9-28(32)29-10-4-7-13-33(29)36;1-18-16-19(2)30(28-18)22-13-10-20(11-14-22)21-12-15-24-23-8-6-7-9-25(23)29(26(24)17-21)27(3,4)5;24-26(25)20-5-2-1-4-18(20)19-11-8-16(14-21(19)26)15-6-9-17(10-7-15)23-13-3-12-22-23;3*1-8-7-10(12-11-8)9-5-3-2-4-6-9;;;/h3-18,20-22H,1-2H3;6-13,15-17H,1-5H3;1-9,11-14H;3*2-5,7H,1H3;;;/q3*-1;3*-2;;;. The smallest absolute Gasteiger partial charge is 0.207 e. The van der Waals surface area contributed by atoms with Crippen LogP contribution in [0.4, 0.5) is 0 Å². The summed E-state index contributed by atoms with van der Waals surface area (Å²) in [4.78, 5) is 0.750. The summed E-state index contributed by atoms with van der Waals surface area (Å²) in [6.45, 7) is 20.8. The van der Waals surface area contributed by atoms with Gasteiger partial charge in [-0.15, -0.1) is 126 Å². The van der Waals surface area contributed by atoms with E-state index in [2.05, 4.69) is 303 Å². The Bertz CT molecular complexity index is 7560. The molecular weight excluding hydrogens is 2200 g/mol. The number of benzene rings is 14. The Kier molecular flexibility index (Phi) is 27.3. The fraction of sp³-hybridized carbons (Fsp3) is 0.105. The van der Waals surface area contributed by atoms with Crippen LogP contribution in [0.25, 0.3) is 139 Å². The van der Waals surface area contributed by atoms with Gasteiger partial charge in [0.2, 0.25) is 9.84 Å². The van der Waals surface area contributed by atoms with Gasteiger partial charge in [-0.25, -0.2) is 25.5 Å². The number of aryl methyl sites for hydroxylation is 7. The monoisotopic (exact) mass is 2290 g/mol. The van der Waals surface area contributed by atoms with Gasteiger partial charge in [-0.1, -0.05) is 187 Å². The average Bonchev–Trinajstić information content (AvgIpc) is 1.51. The second-order valence-electron chi connectivity index (χ2n) is 33.6. The van der Waals surface area contributed by atoms with Crippen molar-refractivity contribution >= 4 is 31.6 Å². The number of fused-ring (bicyclic) bond motifs is 16. The van der Waals surface area contributed by atoms with Crippen molar-refractivity contribution in [2.75, 3.05) is 0 Å². The normalized spacial score (nSPS) is 12.1. The number of hydrogen-bond acceptors (Lipinski definition) is 8. The zero-order valence-corrected chi connectivity index (χ0v) is 82.1. The topological polar surface area (TPSA) is 174 Å². The molecule has 1 spiro atoms. The van der Waals surface area contributed by atoms with Crippen molar-refractivity contribution in [2.24, 2.45) is 0 Å². The van der Waals surface area contributed by atoms with Gasteiger partial charge in [-0.2, -0.15) is 86.6 Å². The van der Waals surface area contributed by atoms with Crippen LogP contribution in [-0.4, -0.2) is 57.6 Å². The van der Waals surface area contributed by atoms with E-state index in [1.165, 1.54) is 77.4 Å². The number of hydrogen-bond donors (Lipinski definition) is 0. The molecule has 24 rings (SSSR count). The maximum absolute atomic E-state index is 12.8. The molecule has 15 nitrogen and oxygen atoms in total. The van der Waals surface area contributed by atoms with Crippen LogP contribution >= 0.6 is 0 Å². The summed E-state index contributed by atoms with van der Waals surface area (Å²) in [7, 11) is -3.46. The van der Waals surface area contributed by atoms with E-state index in [1.54, 1.807) is 29.1 Å². The molecule has 0 saturated carbocycles. The van der Waals surface area contributed by atoms with Crippen molar-refractivity contribution in [3.63, 3.8) is 0 Å². The molecule has 0 atom stereocenters. The minimum Gasteiger partial charge on any atom is -0.619 e. The first kappa shape index (κ1) is 92.4. The molecule has 0 saturated heterocycles. The predicted octanol–water partition coefficient (Wildman–Crippen LogP) is 24.7. The van der Waals surface area contributed by atoms with E-state index in [4.69, 9.17) is 0 Å². The first-order valence-electron chi connectivity index (χ1n) is 43.1. The summed E-state index contributed by atoms with van der Waals surface area (Å²) in [6.07, 6.45) is 3.56. The maximum Gasteiger partial charge on any atom is 0.207 e. The maximum atomic E-state index is 12.8. The van der Waals surface area contributed by atoms with Gasteiger partial charge in [0, 0.05) is 143 Å². The van der Waals surface area contributed by atoms with Gasteiger partial charge in [0.15, 0.2) is 0 Å². The third-order valence-electron chi connectivity index (χ3n) is 23.6. The van der Waals surface area contributed by atoms with Gasteiger partial charge in [-0.05, 0) is 173 Å². The van der Waals surface area contributed by atoms with Crippen molar-refractivity contribution in [1.29, 1.82) is 0 Å². The molecule has 19 heteroatoms. The third-order valence-corrected chi connectivity index (χ3v) is 25.5.